The Kier molecular flexibility index (Phi) is 5.67. The van der Waals surface area contributed by atoms with Gasteiger partial charge in [0.15, 0.2) is 0 Å². The molecule has 0 saturated heterocycles. The van der Waals surface area contributed by atoms with Gasteiger partial charge in [-0.25, -0.2) is 0 Å². The first kappa shape index (κ1) is 16.6. The monoisotopic (exact) mass is 356 g/mol. The topological polar surface area (TPSA) is 55.8 Å². The van der Waals surface area contributed by atoms with Crippen LogP contribution in [0.3, 0.4) is 0 Å². The summed E-state index contributed by atoms with van der Waals surface area (Å²) < 4.78 is 45.5. The third-order valence-corrected chi connectivity index (χ3v) is 2.85. The first-order valence-electron chi connectivity index (χ1n) is 5.61. The highest BCUT2D eigenvalue weighted by Crippen LogP contribution is 2.33. The lowest BCUT2D eigenvalue weighted by Crippen LogP contribution is -2.17. The molecule has 1 rings (SSSR count). The highest BCUT2D eigenvalue weighted by Gasteiger charge is 2.32. The summed E-state index contributed by atoms with van der Waals surface area (Å²) >= 11 is 2.95. The standard InChI is InChI=1S/C12H12BrF3O4/c1-7(2-5-11(17)18)19-8-3-4-10(9(13)6-8)20-12(14,15)16/h3-4,6-7H,2,5H2,1H3,(H,17,18). The number of halogens is 4. The van der Waals surface area contributed by atoms with E-state index in [1.807, 2.05) is 0 Å². The lowest BCUT2D eigenvalue weighted by molar-refractivity contribution is -0.274. The first-order chi connectivity index (χ1) is 9.17. The van der Waals surface area contributed by atoms with Crippen LogP contribution in [-0.2, 0) is 4.79 Å². The number of carboxylic acid groups (broad SMARTS) is 1. The number of carbonyl (C=O) groups is 1. The summed E-state index contributed by atoms with van der Waals surface area (Å²) in [7, 11) is 0. The Bertz CT molecular complexity index is 476. The molecule has 0 bridgehead atoms. The zero-order chi connectivity index (χ0) is 15.3. The van der Waals surface area contributed by atoms with Gasteiger partial charge in [0, 0.05) is 6.42 Å². The molecule has 112 valence electrons. The highest BCUT2D eigenvalue weighted by atomic mass is 79.9. The lowest BCUT2D eigenvalue weighted by Gasteiger charge is -2.15. The number of rotatable bonds is 6. The maximum absolute atomic E-state index is 12.1. The van der Waals surface area contributed by atoms with Crippen LogP contribution in [0.25, 0.3) is 0 Å². The molecule has 1 unspecified atom stereocenters. The second-order valence-electron chi connectivity index (χ2n) is 4.00. The zero-order valence-electron chi connectivity index (χ0n) is 10.4. The Morgan fingerprint density at radius 3 is 2.60 bits per heavy atom. The fraction of sp³-hybridized carbons (Fsp3) is 0.417. The van der Waals surface area contributed by atoms with E-state index in [1.54, 1.807) is 6.92 Å². The van der Waals surface area contributed by atoms with Crippen LogP contribution < -0.4 is 9.47 Å². The molecule has 0 spiro atoms. The van der Waals surface area contributed by atoms with Gasteiger partial charge < -0.3 is 14.6 Å². The van der Waals surface area contributed by atoms with E-state index in [0.717, 1.165) is 6.07 Å². The Morgan fingerprint density at radius 2 is 2.10 bits per heavy atom. The van der Waals surface area contributed by atoms with Crippen molar-refractivity contribution in [3.05, 3.63) is 22.7 Å². The Hall–Kier alpha value is -1.44. The van der Waals surface area contributed by atoms with Gasteiger partial charge in [0.25, 0.3) is 0 Å². The maximum atomic E-state index is 12.1. The van der Waals surface area contributed by atoms with E-state index in [2.05, 4.69) is 20.7 Å². The summed E-state index contributed by atoms with van der Waals surface area (Å²) in [6.07, 6.45) is -4.88. The van der Waals surface area contributed by atoms with Gasteiger partial charge in [0.05, 0.1) is 10.6 Å². The molecule has 1 N–H and O–H groups in total. The highest BCUT2D eigenvalue weighted by molar-refractivity contribution is 9.10. The van der Waals surface area contributed by atoms with E-state index in [-0.39, 0.29) is 22.7 Å². The number of alkyl halides is 3. The van der Waals surface area contributed by atoms with Crippen LogP contribution >= 0.6 is 15.9 Å². The van der Waals surface area contributed by atoms with Gasteiger partial charge in [-0.1, -0.05) is 0 Å². The van der Waals surface area contributed by atoms with Gasteiger partial charge in [-0.3, -0.25) is 4.79 Å². The van der Waals surface area contributed by atoms with Crippen molar-refractivity contribution < 1.29 is 32.5 Å². The molecule has 0 heterocycles. The number of ether oxygens (including phenoxy) is 2. The van der Waals surface area contributed by atoms with Crippen LogP contribution in [0.15, 0.2) is 22.7 Å². The molecule has 4 nitrogen and oxygen atoms in total. The second-order valence-corrected chi connectivity index (χ2v) is 4.86. The minimum Gasteiger partial charge on any atom is -0.491 e. The normalized spacial score (nSPS) is 12.8. The van der Waals surface area contributed by atoms with Crippen molar-refractivity contribution in [2.45, 2.75) is 32.2 Å². The largest absolute Gasteiger partial charge is 0.573 e. The summed E-state index contributed by atoms with van der Waals surface area (Å²) in [5, 5.41) is 8.53. The van der Waals surface area contributed by atoms with Crippen LogP contribution in [0.2, 0.25) is 0 Å². The molecule has 1 aromatic rings. The van der Waals surface area contributed by atoms with E-state index >= 15 is 0 Å². The van der Waals surface area contributed by atoms with Gasteiger partial charge >= 0.3 is 12.3 Å². The molecule has 0 fully saturated rings. The van der Waals surface area contributed by atoms with E-state index in [1.165, 1.54) is 12.1 Å². The van der Waals surface area contributed by atoms with E-state index in [0.29, 0.717) is 12.2 Å². The van der Waals surface area contributed by atoms with Gasteiger partial charge in [-0.2, -0.15) is 0 Å². The first-order valence-corrected chi connectivity index (χ1v) is 6.40. The van der Waals surface area contributed by atoms with Crippen molar-refractivity contribution in [2.24, 2.45) is 0 Å². The number of carboxylic acids is 1. The molecular formula is C12H12BrF3O4. The molecule has 0 saturated carbocycles. The van der Waals surface area contributed by atoms with E-state index in [9.17, 15) is 18.0 Å². The van der Waals surface area contributed by atoms with Crippen LogP contribution in [0.5, 0.6) is 11.5 Å². The average molecular weight is 357 g/mol. The molecule has 0 amide bonds. The van der Waals surface area contributed by atoms with Crippen molar-refractivity contribution >= 4 is 21.9 Å². The van der Waals surface area contributed by atoms with Gasteiger partial charge in [0.1, 0.15) is 11.5 Å². The van der Waals surface area contributed by atoms with Gasteiger partial charge in [-0.05, 0) is 47.5 Å². The Labute approximate surface area is 121 Å². The van der Waals surface area contributed by atoms with Crippen molar-refractivity contribution in [1.29, 1.82) is 0 Å². The number of benzene rings is 1. The van der Waals surface area contributed by atoms with Crippen LogP contribution in [0.4, 0.5) is 13.2 Å². The number of hydrogen-bond donors (Lipinski definition) is 1. The predicted molar refractivity (Wildman–Crippen MR) is 67.8 cm³/mol. The molecule has 0 aliphatic carbocycles. The molecule has 8 heteroatoms. The second kappa shape index (κ2) is 6.83. The molecule has 1 aromatic carbocycles. The average Bonchev–Trinajstić information content (AvgIpc) is 2.28. The van der Waals surface area contributed by atoms with Crippen LogP contribution in [0.1, 0.15) is 19.8 Å². The molecule has 20 heavy (non-hydrogen) atoms. The Balaban J connectivity index is 2.65. The summed E-state index contributed by atoms with van der Waals surface area (Å²) in [5.74, 6) is -0.983. The van der Waals surface area contributed by atoms with Crippen LogP contribution in [0, 0.1) is 0 Å². The Morgan fingerprint density at radius 1 is 1.45 bits per heavy atom. The van der Waals surface area contributed by atoms with Crippen molar-refractivity contribution in [3.63, 3.8) is 0 Å². The summed E-state index contributed by atoms with van der Waals surface area (Å²) in [5.41, 5.74) is 0. The van der Waals surface area contributed by atoms with E-state index < -0.39 is 12.3 Å². The summed E-state index contributed by atoms with van der Waals surface area (Å²) in [6, 6.07) is 3.78. The van der Waals surface area contributed by atoms with Gasteiger partial charge in [0.2, 0.25) is 0 Å². The number of hydrogen-bond acceptors (Lipinski definition) is 3. The molecule has 0 aliphatic rings. The third kappa shape index (κ3) is 6.14. The molecule has 0 aliphatic heterocycles. The fourth-order valence-electron chi connectivity index (χ4n) is 1.38. The minimum atomic E-state index is -4.76. The molecule has 0 radical (unpaired) electrons. The molecule has 0 aromatic heterocycles. The minimum absolute atomic E-state index is 0.0440. The molecular weight excluding hydrogens is 345 g/mol. The fourth-order valence-corrected chi connectivity index (χ4v) is 1.82. The quantitative estimate of drug-likeness (QED) is 0.837. The smallest absolute Gasteiger partial charge is 0.491 e. The van der Waals surface area contributed by atoms with Crippen molar-refractivity contribution in [2.75, 3.05) is 0 Å². The predicted octanol–water partition coefficient (Wildman–Crippen LogP) is 3.98. The van der Waals surface area contributed by atoms with Crippen molar-refractivity contribution in [1.82, 2.24) is 0 Å². The van der Waals surface area contributed by atoms with Crippen molar-refractivity contribution in [3.8, 4) is 11.5 Å². The summed E-state index contributed by atoms with van der Waals surface area (Å²) in [6.45, 7) is 1.68. The van der Waals surface area contributed by atoms with E-state index in [4.69, 9.17) is 9.84 Å². The van der Waals surface area contributed by atoms with Crippen LogP contribution in [-0.4, -0.2) is 23.5 Å². The van der Waals surface area contributed by atoms with Gasteiger partial charge in [-0.15, -0.1) is 13.2 Å². The maximum Gasteiger partial charge on any atom is 0.573 e. The molecule has 1 atom stereocenters. The zero-order valence-corrected chi connectivity index (χ0v) is 12.0. The number of aliphatic carboxylic acids is 1. The third-order valence-electron chi connectivity index (χ3n) is 2.23. The summed E-state index contributed by atoms with van der Waals surface area (Å²) in [4.78, 5) is 10.4. The SMILES string of the molecule is CC(CCC(=O)O)Oc1ccc(OC(F)(F)F)c(Br)c1. The lowest BCUT2D eigenvalue weighted by atomic mass is 10.2.